The number of carbonyl (C=O) groups excluding carboxylic acids is 1. The summed E-state index contributed by atoms with van der Waals surface area (Å²) in [5, 5.41) is 3.62. The highest BCUT2D eigenvalue weighted by atomic mass is 35.5. The van der Waals surface area contributed by atoms with Gasteiger partial charge in [-0.15, -0.1) is 0 Å². The Labute approximate surface area is 136 Å². The Bertz CT molecular complexity index is 611. The molecule has 0 fully saturated rings. The zero-order chi connectivity index (χ0) is 15.8. The molecule has 0 aliphatic heterocycles. The Balaban J connectivity index is 1.72. The predicted octanol–water partition coefficient (Wildman–Crippen LogP) is 3.64. The third-order valence-corrected chi connectivity index (χ3v) is 3.67. The number of aryl methyl sites for hydroxylation is 1. The van der Waals surface area contributed by atoms with Crippen molar-refractivity contribution in [1.82, 2.24) is 5.32 Å². The summed E-state index contributed by atoms with van der Waals surface area (Å²) in [5.74, 6) is 0.928. The van der Waals surface area contributed by atoms with Crippen molar-refractivity contribution in [3.63, 3.8) is 0 Å². The monoisotopic (exact) mass is 317 g/mol. The molecular formula is C18H20ClNO2. The van der Waals surface area contributed by atoms with Crippen molar-refractivity contribution in [2.24, 2.45) is 0 Å². The van der Waals surface area contributed by atoms with Crippen LogP contribution in [-0.4, -0.2) is 19.6 Å². The van der Waals surface area contributed by atoms with Crippen LogP contribution in [0.25, 0.3) is 0 Å². The van der Waals surface area contributed by atoms with E-state index in [4.69, 9.17) is 16.3 Å². The highest BCUT2D eigenvalue weighted by Gasteiger charge is 2.04. The maximum Gasteiger partial charge on any atom is 0.224 e. The molecule has 0 atom stereocenters. The van der Waals surface area contributed by atoms with Crippen LogP contribution in [0.5, 0.6) is 5.75 Å². The molecule has 0 bridgehead atoms. The van der Waals surface area contributed by atoms with Gasteiger partial charge >= 0.3 is 0 Å². The van der Waals surface area contributed by atoms with Crippen molar-refractivity contribution in [3.05, 3.63) is 64.7 Å². The van der Waals surface area contributed by atoms with E-state index < -0.39 is 0 Å². The summed E-state index contributed by atoms with van der Waals surface area (Å²) in [4.78, 5) is 11.9. The normalized spacial score (nSPS) is 10.3. The highest BCUT2D eigenvalue weighted by Crippen LogP contribution is 2.18. The molecule has 2 aromatic rings. The molecule has 0 spiro atoms. The van der Waals surface area contributed by atoms with Gasteiger partial charge in [-0.05, 0) is 42.2 Å². The van der Waals surface area contributed by atoms with Crippen LogP contribution in [0.1, 0.15) is 17.5 Å². The van der Waals surface area contributed by atoms with E-state index in [-0.39, 0.29) is 5.91 Å². The van der Waals surface area contributed by atoms with Gasteiger partial charge in [0.15, 0.2) is 0 Å². The van der Waals surface area contributed by atoms with Gasteiger partial charge in [-0.3, -0.25) is 4.79 Å². The van der Waals surface area contributed by atoms with Crippen LogP contribution < -0.4 is 10.1 Å². The minimum Gasteiger partial charge on any atom is -0.496 e. The first kappa shape index (κ1) is 16.4. The fraction of sp³-hybridized carbons (Fsp3) is 0.278. The number of halogens is 1. The summed E-state index contributed by atoms with van der Waals surface area (Å²) >= 11 is 5.82. The van der Waals surface area contributed by atoms with Gasteiger partial charge in [0.05, 0.1) is 13.5 Å². The molecule has 0 heterocycles. The number of carbonyl (C=O) groups is 1. The quantitative estimate of drug-likeness (QED) is 0.792. The molecule has 22 heavy (non-hydrogen) atoms. The van der Waals surface area contributed by atoms with E-state index in [0.717, 1.165) is 29.7 Å². The lowest BCUT2D eigenvalue weighted by molar-refractivity contribution is -0.120. The van der Waals surface area contributed by atoms with Gasteiger partial charge in [-0.1, -0.05) is 41.9 Å². The fourth-order valence-electron chi connectivity index (χ4n) is 2.27. The van der Waals surface area contributed by atoms with Crippen LogP contribution in [0.4, 0.5) is 0 Å². The summed E-state index contributed by atoms with van der Waals surface area (Å²) in [6, 6.07) is 15.3. The third kappa shape index (κ3) is 5.08. The average molecular weight is 318 g/mol. The molecule has 4 heteroatoms. The van der Waals surface area contributed by atoms with Crippen molar-refractivity contribution in [1.29, 1.82) is 0 Å². The van der Waals surface area contributed by atoms with Crippen LogP contribution in [0.15, 0.2) is 48.5 Å². The standard InChI is InChI=1S/C18H20ClNO2/c1-22-17-7-3-2-5-15(17)6-4-12-20-18(21)13-14-8-10-16(19)11-9-14/h2-3,5,7-11H,4,6,12-13H2,1H3,(H,20,21). The summed E-state index contributed by atoms with van der Waals surface area (Å²) in [6.07, 6.45) is 2.14. The molecule has 1 amide bonds. The van der Waals surface area contributed by atoms with E-state index in [0.29, 0.717) is 18.0 Å². The van der Waals surface area contributed by atoms with Gasteiger partial charge in [0.2, 0.25) is 5.91 Å². The molecule has 0 saturated heterocycles. The minimum atomic E-state index is 0.0300. The first-order chi connectivity index (χ1) is 10.7. The topological polar surface area (TPSA) is 38.3 Å². The number of benzene rings is 2. The van der Waals surface area contributed by atoms with Gasteiger partial charge < -0.3 is 10.1 Å². The number of amides is 1. The first-order valence-corrected chi connectivity index (χ1v) is 7.70. The molecule has 0 saturated carbocycles. The Kier molecular flexibility index (Phi) is 6.28. The Morgan fingerprint density at radius 3 is 2.59 bits per heavy atom. The second kappa shape index (κ2) is 8.44. The molecule has 0 radical (unpaired) electrons. The maximum absolute atomic E-state index is 11.9. The van der Waals surface area contributed by atoms with Gasteiger partial charge in [0.1, 0.15) is 5.75 Å². The van der Waals surface area contributed by atoms with Gasteiger partial charge in [0, 0.05) is 11.6 Å². The number of rotatable bonds is 7. The smallest absolute Gasteiger partial charge is 0.224 e. The zero-order valence-corrected chi connectivity index (χ0v) is 13.4. The molecule has 0 aliphatic carbocycles. The number of ether oxygens (including phenoxy) is 1. The zero-order valence-electron chi connectivity index (χ0n) is 12.6. The molecule has 116 valence electrons. The van der Waals surface area contributed by atoms with Gasteiger partial charge in [-0.25, -0.2) is 0 Å². The number of methoxy groups -OCH3 is 1. The number of hydrogen-bond acceptors (Lipinski definition) is 2. The van der Waals surface area contributed by atoms with E-state index in [2.05, 4.69) is 5.32 Å². The van der Waals surface area contributed by atoms with Crippen molar-refractivity contribution in [3.8, 4) is 5.75 Å². The lowest BCUT2D eigenvalue weighted by atomic mass is 10.1. The van der Waals surface area contributed by atoms with Gasteiger partial charge in [0.25, 0.3) is 0 Å². The summed E-state index contributed by atoms with van der Waals surface area (Å²) in [5.41, 5.74) is 2.13. The summed E-state index contributed by atoms with van der Waals surface area (Å²) in [6.45, 7) is 0.657. The van der Waals surface area contributed by atoms with E-state index in [1.807, 2.05) is 36.4 Å². The summed E-state index contributed by atoms with van der Waals surface area (Å²) < 4.78 is 5.31. The van der Waals surface area contributed by atoms with E-state index in [9.17, 15) is 4.79 Å². The van der Waals surface area contributed by atoms with Crippen molar-refractivity contribution in [2.75, 3.05) is 13.7 Å². The van der Waals surface area contributed by atoms with Crippen molar-refractivity contribution >= 4 is 17.5 Å². The third-order valence-electron chi connectivity index (χ3n) is 3.42. The lowest BCUT2D eigenvalue weighted by Gasteiger charge is -2.09. The molecule has 3 nitrogen and oxygen atoms in total. The van der Waals surface area contributed by atoms with Crippen molar-refractivity contribution in [2.45, 2.75) is 19.3 Å². The van der Waals surface area contributed by atoms with E-state index >= 15 is 0 Å². The SMILES string of the molecule is COc1ccccc1CCCNC(=O)Cc1ccc(Cl)cc1. The Morgan fingerprint density at radius 1 is 1.14 bits per heavy atom. The highest BCUT2D eigenvalue weighted by molar-refractivity contribution is 6.30. The minimum absolute atomic E-state index is 0.0300. The average Bonchev–Trinajstić information content (AvgIpc) is 2.54. The largest absolute Gasteiger partial charge is 0.496 e. The van der Waals surface area contributed by atoms with Crippen LogP contribution in [0, 0.1) is 0 Å². The second-order valence-corrected chi connectivity index (χ2v) is 5.51. The Hall–Kier alpha value is -2.00. The number of hydrogen-bond donors (Lipinski definition) is 1. The maximum atomic E-state index is 11.9. The number of nitrogens with one attached hydrogen (secondary N) is 1. The van der Waals surface area contributed by atoms with Gasteiger partial charge in [-0.2, -0.15) is 0 Å². The van der Waals surface area contributed by atoms with Crippen LogP contribution >= 0.6 is 11.6 Å². The Morgan fingerprint density at radius 2 is 1.86 bits per heavy atom. The molecule has 0 unspecified atom stereocenters. The molecular weight excluding hydrogens is 298 g/mol. The lowest BCUT2D eigenvalue weighted by Crippen LogP contribution is -2.26. The fourth-order valence-corrected chi connectivity index (χ4v) is 2.39. The molecule has 0 aliphatic rings. The summed E-state index contributed by atoms with van der Waals surface area (Å²) in [7, 11) is 1.67. The first-order valence-electron chi connectivity index (χ1n) is 7.32. The predicted molar refractivity (Wildman–Crippen MR) is 89.5 cm³/mol. The van der Waals surface area contributed by atoms with Crippen molar-refractivity contribution < 1.29 is 9.53 Å². The molecule has 1 N–H and O–H groups in total. The molecule has 2 rings (SSSR count). The number of para-hydroxylation sites is 1. The van der Waals surface area contributed by atoms with Crippen LogP contribution in [0.2, 0.25) is 5.02 Å². The van der Waals surface area contributed by atoms with E-state index in [1.165, 1.54) is 0 Å². The van der Waals surface area contributed by atoms with Crippen LogP contribution in [-0.2, 0) is 17.6 Å². The molecule has 2 aromatic carbocycles. The van der Waals surface area contributed by atoms with Crippen LogP contribution in [0.3, 0.4) is 0 Å². The van der Waals surface area contributed by atoms with E-state index in [1.54, 1.807) is 19.2 Å². The second-order valence-electron chi connectivity index (χ2n) is 5.07. The molecule has 0 aromatic heterocycles.